The molecule has 0 radical (unpaired) electrons. The van der Waals surface area contributed by atoms with Crippen LogP contribution in [0, 0.1) is 9.49 Å². The Morgan fingerprint density at radius 1 is 1.44 bits per heavy atom. The fourth-order valence-corrected chi connectivity index (χ4v) is 2.57. The van der Waals surface area contributed by atoms with Crippen LogP contribution in [0.15, 0.2) is 15.8 Å². The minimum absolute atomic E-state index is 0.196. The van der Waals surface area contributed by atoms with Crippen LogP contribution in [0.3, 0.4) is 0 Å². The van der Waals surface area contributed by atoms with E-state index in [4.69, 9.17) is 9.84 Å². The lowest BCUT2D eigenvalue weighted by atomic mass is 9.98. The molecule has 0 unspecified atom stereocenters. The van der Waals surface area contributed by atoms with Crippen molar-refractivity contribution in [3.63, 3.8) is 0 Å². The van der Waals surface area contributed by atoms with Gasteiger partial charge in [0.1, 0.15) is 0 Å². The standard InChI is InChI=1S/C10H13IN2O5/c11-6-1-13(10(17)12-9(6)16)7-4-18-8(3-15)5(7)2-14/h1,5,7-8,14-15H,2-4H2,(H,12,16,17)/t5-,7+,8+/m1/s1. The van der Waals surface area contributed by atoms with E-state index in [1.54, 1.807) is 0 Å². The van der Waals surface area contributed by atoms with Crippen molar-refractivity contribution < 1.29 is 14.9 Å². The molecule has 1 aromatic heterocycles. The summed E-state index contributed by atoms with van der Waals surface area (Å²) in [5.41, 5.74) is -0.971. The molecule has 8 heteroatoms. The number of rotatable bonds is 3. The van der Waals surface area contributed by atoms with E-state index in [2.05, 4.69) is 4.98 Å². The lowest BCUT2D eigenvalue weighted by molar-refractivity contribution is 0.0268. The highest BCUT2D eigenvalue weighted by Crippen LogP contribution is 2.29. The Hall–Kier alpha value is -0.710. The van der Waals surface area contributed by atoms with Crippen LogP contribution in [0.25, 0.3) is 0 Å². The molecule has 2 rings (SSSR count). The van der Waals surface area contributed by atoms with Gasteiger partial charge in [0.2, 0.25) is 0 Å². The number of aromatic amines is 1. The molecule has 1 saturated heterocycles. The van der Waals surface area contributed by atoms with Gasteiger partial charge < -0.3 is 14.9 Å². The largest absolute Gasteiger partial charge is 0.396 e. The number of aromatic nitrogens is 2. The number of hydrogen-bond donors (Lipinski definition) is 3. The van der Waals surface area contributed by atoms with Gasteiger partial charge in [0.15, 0.2) is 0 Å². The topological polar surface area (TPSA) is 105 Å². The summed E-state index contributed by atoms with van der Waals surface area (Å²) in [6, 6.07) is -0.384. The molecule has 100 valence electrons. The van der Waals surface area contributed by atoms with E-state index in [1.807, 2.05) is 22.6 Å². The first-order valence-electron chi connectivity index (χ1n) is 5.42. The molecule has 18 heavy (non-hydrogen) atoms. The second-order valence-corrected chi connectivity index (χ2v) is 5.27. The second kappa shape index (κ2) is 5.51. The zero-order chi connectivity index (χ0) is 13.3. The lowest BCUT2D eigenvalue weighted by Crippen LogP contribution is -2.38. The van der Waals surface area contributed by atoms with Gasteiger partial charge in [0.05, 0.1) is 35.5 Å². The number of aliphatic hydroxyl groups is 2. The Balaban J connectivity index is 2.40. The maximum atomic E-state index is 11.7. The fourth-order valence-electron chi connectivity index (χ4n) is 2.14. The van der Waals surface area contributed by atoms with Gasteiger partial charge in [0.25, 0.3) is 5.56 Å². The van der Waals surface area contributed by atoms with Gasteiger partial charge in [-0.3, -0.25) is 14.3 Å². The zero-order valence-electron chi connectivity index (χ0n) is 9.38. The number of aliphatic hydroxyl groups excluding tert-OH is 2. The minimum atomic E-state index is -0.536. The van der Waals surface area contributed by atoms with E-state index in [-0.39, 0.29) is 31.8 Å². The molecule has 0 bridgehead atoms. The van der Waals surface area contributed by atoms with Crippen molar-refractivity contribution in [1.29, 1.82) is 0 Å². The van der Waals surface area contributed by atoms with Gasteiger partial charge in [-0.15, -0.1) is 0 Å². The van der Waals surface area contributed by atoms with Crippen LogP contribution in [-0.4, -0.2) is 45.7 Å². The molecule has 0 saturated carbocycles. The minimum Gasteiger partial charge on any atom is -0.396 e. The maximum absolute atomic E-state index is 11.7. The second-order valence-electron chi connectivity index (χ2n) is 4.11. The summed E-state index contributed by atoms with van der Waals surface area (Å²) in [4.78, 5) is 25.2. The number of nitrogens with one attached hydrogen (secondary N) is 1. The number of H-pyrrole nitrogens is 1. The summed E-state index contributed by atoms with van der Waals surface area (Å²) < 4.78 is 7.07. The Morgan fingerprint density at radius 2 is 2.17 bits per heavy atom. The van der Waals surface area contributed by atoms with Crippen LogP contribution in [0.5, 0.6) is 0 Å². The van der Waals surface area contributed by atoms with Crippen molar-refractivity contribution in [3.8, 4) is 0 Å². The van der Waals surface area contributed by atoms with Crippen LogP contribution in [0.1, 0.15) is 6.04 Å². The van der Waals surface area contributed by atoms with Crippen LogP contribution < -0.4 is 11.2 Å². The van der Waals surface area contributed by atoms with E-state index in [1.165, 1.54) is 10.8 Å². The van der Waals surface area contributed by atoms with E-state index < -0.39 is 17.4 Å². The fraction of sp³-hybridized carbons (Fsp3) is 0.600. The van der Waals surface area contributed by atoms with E-state index in [0.717, 1.165) is 0 Å². The molecule has 0 spiro atoms. The van der Waals surface area contributed by atoms with Crippen molar-refractivity contribution in [2.24, 2.45) is 5.92 Å². The van der Waals surface area contributed by atoms with Gasteiger partial charge in [0, 0.05) is 12.1 Å². The molecule has 1 fully saturated rings. The van der Waals surface area contributed by atoms with Gasteiger partial charge in [-0.1, -0.05) is 0 Å². The average Bonchev–Trinajstić information content (AvgIpc) is 2.76. The number of hydrogen-bond acceptors (Lipinski definition) is 5. The molecule has 3 atom stereocenters. The summed E-state index contributed by atoms with van der Waals surface area (Å²) in [6.07, 6.45) is 0.953. The van der Waals surface area contributed by atoms with Gasteiger partial charge in [-0.25, -0.2) is 4.79 Å². The maximum Gasteiger partial charge on any atom is 0.328 e. The Labute approximate surface area is 116 Å². The lowest BCUT2D eigenvalue weighted by Gasteiger charge is -2.20. The predicted octanol–water partition coefficient (Wildman–Crippen LogP) is -1.32. The van der Waals surface area contributed by atoms with Gasteiger partial charge >= 0.3 is 5.69 Å². The highest BCUT2D eigenvalue weighted by molar-refractivity contribution is 14.1. The van der Waals surface area contributed by atoms with Crippen molar-refractivity contribution in [2.75, 3.05) is 19.8 Å². The number of halogens is 1. The Morgan fingerprint density at radius 3 is 2.78 bits per heavy atom. The summed E-state index contributed by atoms with van der Waals surface area (Å²) in [5.74, 6) is -0.366. The van der Waals surface area contributed by atoms with Crippen LogP contribution in [0.4, 0.5) is 0 Å². The third-order valence-electron chi connectivity index (χ3n) is 3.13. The quantitative estimate of drug-likeness (QED) is 0.575. The highest BCUT2D eigenvalue weighted by atomic mass is 127. The molecule has 1 aliphatic rings. The van der Waals surface area contributed by atoms with E-state index >= 15 is 0 Å². The first kappa shape index (κ1) is 13.7. The van der Waals surface area contributed by atoms with Crippen molar-refractivity contribution in [1.82, 2.24) is 9.55 Å². The molecular formula is C10H13IN2O5. The Bertz CT molecular complexity index is 540. The molecule has 1 aromatic rings. The van der Waals surface area contributed by atoms with Crippen LogP contribution in [0.2, 0.25) is 0 Å². The molecular weight excluding hydrogens is 355 g/mol. The number of ether oxygens (including phenoxy) is 1. The summed E-state index contributed by atoms with van der Waals surface area (Å²) in [7, 11) is 0. The van der Waals surface area contributed by atoms with Gasteiger partial charge in [-0.2, -0.15) is 0 Å². The smallest absolute Gasteiger partial charge is 0.328 e. The predicted molar refractivity (Wildman–Crippen MR) is 70.5 cm³/mol. The third kappa shape index (κ3) is 2.37. The molecule has 7 nitrogen and oxygen atoms in total. The van der Waals surface area contributed by atoms with Crippen molar-refractivity contribution >= 4 is 22.6 Å². The molecule has 0 aromatic carbocycles. The van der Waals surface area contributed by atoms with Crippen LogP contribution in [-0.2, 0) is 4.74 Å². The summed E-state index contributed by atoms with van der Waals surface area (Å²) >= 11 is 1.83. The van der Waals surface area contributed by atoms with Gasteiger partial charge in [-0.05, 0) is 22.6 Å². The molecule has 3 N–H and O–H groups in total. The molecule has 2 heterocycles. The molecule has 1 aliphatic heterocycles. The average molecular weight is 368 g/mol. The summed E-state index contributed by atoms with van der Waals surface area (Å²) in [6.45, 7) is -0.187. The van der Waals surface area contributed by atoms with Crippen molar-refractivity contribution in [3.05, 3.63) is 30.6 Å². The Kier molecular flexibility index (Phi) is 4.20. The number of nitrogens with zero attached hydrogens (tertiary/aromatic N) is 1. The monoisotopic (exact) mass is 368 g/mol. The van der Waals surface area contributed by atoms with E-state index in [0.29, 0.717) is 3.57 Å². The van der Waals surface area contributed by atoms with Crippen molar-refractivity contribution in [2.45, 2.75) is 12.1 Å². The molecule has 0 amide bonds. The van der Waals surface area contributed by atoms with Crippen LogP contribution >= 0.6 is 22.6 Å². The third-order valence-corrected chi connectivity index (χ3v) is 3.89. The first-order valence-corrected chi connectivity index (χ1v) is 6.50. The first-order chi connectivity index (χ1) is 8.58. The normalized spacial score (nSPS) is 27.6. The zero-order valence-corrected chi connectivity index (χ0v) is 11.5. The summed E-state index contributed by atoms with van der Waals surface area (Å²) in [5, 5.41) is 18.5. The highest BCUT2D eigenvalue weighted by Gasteiger charge is 2.38. The molecule has 0 aliphatic carbocycles. The van der Waals surface area contributed by atoms with E-state index in [9.17, 15) is 14.7 Å². The SMILES string of the molecule is O=c1[nH]c(=O)n([C@H]2CO[C@@H](CO)[C@@H]2CO)cc1I.